The lowest BCUT2D eigenvalue weighted by Gasteiger charge is -2.30. The highest BCUT2D eigenvalue weighted by atomic mass is 19.1. The number of carbonyl (C=O) groups is 1. The van der Waals surface area contributed by atoms with Gasteiger partial charge in [-0.15, -0.1) is 0 Å². The highest BCUT2D eigenvalue weighted by Gasteiger charge is 2.17. The maximum absolute atomic E-state index is 14.3. The molecule has 0 atom stereocenters. The summed E-state index contributed by atoms with van der Waals surface area (Å²) in [5.74, 6) is 0.327. The van der Waals surface area contributed by atoms with Crippen molar-refractivity contribution >= 4 is 17.8 Å². The third-order valence-electron chi connectivity index (χ3n) is 4.82. The minimum absolute atomic E-state index is 0.212. The zero-order valence-electron chi connectivity index (χ0n) is 15.3. The normalized spacial score (nSPS) is 15.7. The molecule has 1 aliphatic heterocycles. The molecular weight excluding hydrogens is 331 g/mol. The van der Waals surface area contributed by atoms with E-state index in [0.717, 1.165) is 41.8 Å². The van der Waals surface area contributed by atoms with Crippen LogP contribution in [0.3, 0.4) is 0 Å². The molecule has 1 fully saturated rings. The van der Waals surface area contributed by atoms with Gasteiger partial charge in [0.05, 0.1) is 11.9 Å². The standard InChI is InChI=1S/C20H25FN4O/c1-15-7-9-24(10-8-15)13-17-4-6-19(21)20(11-17)25(14-26)23-18-5-3-16(2)22-12-18/h3-6,11-12,14-15,23H,7-10,13H2,1-2H3. The number of rotatable bonds is 6. The number of nitrogens with one attached hydrogen (secondary N) is 1. The molecule has 1 N–H and O–H groups in total. The molecule has 2 aromatic rings. The van der Waals surface area contributed by atoms with Gasteiger partial charge in [0.2, 0.25) is 6.41 Å². The van der Waals surface area contributed by atoms with Crippen molar-refractivity contribution in [2.75, 3.05) is 23.5 Å². The molecule has 26 heavy (non-hydrogen) atoms. The molecule has 0 bridgehead atoms. The first-order chi connectivity index (χ1) is 12.5. The van der Waals surface area contributed by atoms with Gasteiger partial charge in [-0.2, -0.15) is 0 Å². The van der Waals surface area contributed by atoms with Crippen LogP contribution in [0.2, 0.25) is 0 Å². The molecule has 1 amide bonds. The number of amides is 1. The maximum atomic E-state index is 14.3. The second-order valence-corrected chi connectivity index (χ2v) is 7.02. The molecule has 1 aromatic heterocycles. The minimum atomic E-state index is -0.444. The first-order valence-corrected chi connectivity index (χ1v) is 9.00. The van der Waals surface area contributed by atoms with Crippen molar-refractivity contribution in [3.8, 4) is 0 Å². The predicted octanol–water partition coefficient (Wildman–Crippen LogP) is 3.75. The third-order valence-corrected chi connectivity index (χ3v) is 4.82. The van der Waals surface area contributed by atoms with Gasteiger partial charge < -0.3 is 0 Å². The number of hydrazine groups is 1. The van der Waals surface area contributed by atoms with Crippen LogP contribution in [0.1, 0.15) is 31.0 Å². The molecule has 1 aromatic carbocycles. The van der Waals surface area contributed by atoms with E-state index >= 15 is 0 Å². The second kappa shape index (κ2) is 8.27. The lowest BCUT2D eigenvalue weighted by molar-refractivity contribution is -0.107. The zero-order chi connectivity index (χ0) is 18.5. The van der Waals surface area contributed by atoms with Crippen LogP contribution in [-0.4, -0.2) is 29.4 Å². The number of aryl methyl sites for hydroxylation is 1. The largest absolute Gasteiger partial charge is 0.299 e. The molecule has 0 spiro atoms. The number of piperidine rings is 1. The highest BCUT2D eigenvalue weighted by molar-refractivity contribution is 5.79. The van der Waals surface area contributed by atoms with Gasteiger partial charge in [0.1, 0.15) is 11.5 Å². The molecule has 1 saturated heterocycles. The first-order valence-electron chi connectivity index (χ1n) is 9.00. The number of halogens is 1. The summed E-state index contributed by atoms with van der Waals surface area (Å²) in [5, 5.41) is 1.16. The molecule has 3 rings (SSSR count). The lowest BCUT2D eigenvalue weighted by Crippen LogP contribution is -2.32. The highest BCUT2D eigenvalue weighted by Crippen LogP contribution is 2.24. The SMILES string of the molecule is Cc1ccc(NN(C=O)c2cc(CN3CCC(C)CC3)ccc2F)cn1. The summed E-state index contributed by atoms with van der Waals surface area (Å²) in [6, 6.07) is 8.57. The van der Waals surface area contributed by atoms with Crippen molar-refractivity contribution in [1.82, 2.24) is 9.88 Å². The number of hydrogen-bond donors (Lipinski definition) is 1. The molecule has 5 nitrogen and oxygen atoms in total. The number of carbonyl (C=O) groups excluding carboxylic acids is 1. The average Bonchev–Trinajstić information content (AvgIpc) is 2.65. The van der Waals surface area contributed by atoms with Crippen LogP contribution in [0.4, 0.5) is 15.8 Å². The topological polar surface area (TPSA) is 48.5 Å². The van der Waals surface area contributed by atoms with E-state index in [9.17, 15) is 9.18 Å². The van der Waals surface area contributed by atoms with Crippen LogP contribution >= 0.6 is 0 Å². The summed E-state index contributed by atoms with van der Waals surface area (Å²) in [6.45, 7) is 7.03. The summed E-state index contributed by atoms with van der Waals surface area (Å²) in [4.78, 5) is 18.1. The van der Waals surface area contributed by atoms with Crippen LogP contribution in [0, 0.1) is 18.7 Å². The van der Waals surface area contributed by atoms with Crippen LogP contribution in [0.25, 0.3) is 0 Å². The Balaban J connectivity index is 1.74. The quantitative estimate of drug-likeness (QED) is 0.633. The van der Waals surface area contributed by atoms with Gasteiger partial charge in [0.25, 0.3) is 0 Å². The Kier molecular flexibility index (Phi) is 5.83. The zero-order valence-corrected chi connectivity index (χ0v) is 15.3. The Morgan fingerprint density at radius 1 is 1.31 bits per heavy atom. The summed E-state index contributed by atoms with van der Waals surface area (Å²) in [6.07, 6.45) is 4.57. The molecule has 2 heterocycles. The summed E-state index contributed by atoms with van der Waals surface area (Å²) >= 11 is 0. The fourth-order valence-electron chi connectivity index (χ4n) is 3.14. The number of benzene rings is 1. The molecule has 1 aliphatic rings. The molecule has 0 unspecified atom stereocenters. The number of aromatic nitrogens is 1. The fourth-order valence-corrected chi connectivity index (χ4v) is 3.14. The van der Waals surface area contributed by atoms with Crippen molar-refractivity contribution in [3.05, 3.63) is 53.6 Å². The van der Waals surface area contributed by atoms with Crippen molar-refractivity contribution in [2.24, 2.45) is 5.92 Å². The molecule has 0 aliphatic carbocycles. The van der Waals surface area contributed by atoms with E-state index in [1.807, 2.05) is 13.0 Å². The van der Waals surface area contributed by atoms with Gasteiger partial charge in [0, 0.05) is 12.2 Å². The molecular formula is C20H25FN4O. The number of nitrogens with zero attached hydrogens (tertiary/aromatic N) is 3. The number of likely N-dealkylation sites (tertiary alicyclic amines) is 1. The van der Waals surface area contributed by atoms with Gasteiger partial charge in [0.15, 0.2) is 0 Å². The maximum Gasteiger partial charge on any atom is 0.232 e. The van der Waals surface area contributed by atoms with Gasteiger partial charge in [-0.3, -0.25) is 20.1 Å². The summed E-state index contributed by atoms with van der Waals surface area (Å²) in [7, 11) is 0. The van der Waals surface area contributed by atoms with E-state index in [0.29, 0.717) is 12.1 Å². The van der Waals surface area contributed by atoms with Crippen molar-refractivity contribution in [2.45, 2.75) is 33.2 Å². The summed E-state index contributed by atoms with van der Waals surface area (Å²) in [5.41, 5.74) is 5.60. The van der Waals surface area contributed by atoms with Crippen molar-refractivity contribution < 1.29 is 9.18 Å². The lowest BCUT2D eigenvalue weighted by atomic mass is 9.99. The van der Waals surface area contributed by atoms with Gasteiger partial charge in [-0.1, -0.05) is 13.0 Å². The Hall–Kier alpha value is -2.47. The van der Waals surface area contributed by atoms with Crippen LogP contribution in [-0.2, 0) is 11.3 Å². The van der Waals surface area contributed by atoms with E-state index in [1.54, 1.807) is 24.4 Å². The Bertz CT molecular complexity index is 742. The molecule has 0 radical (unpaired) electrons. The number of anilines is 2. The van der Waals surface area contributed by atoms with Crippen molar-refractivity contribution in [1.29, 1.82) is 0 Å². The molecule has 138 valence electrons. The molecule has 6 heteroatoms. The number of hydrogen-bond acceptors (Lipinski definition) is 4. The van der Waals surface area contributed by atoms with E-state index < -0.39 is 5.82 Å². The summed E-state index contributed by atoms with van der Waals surface area (Å²) < 4.78 is 14.3. The van der Waals surface area contributed by atoms with Crippen LogP contribution in [0.15, 0.2) is 36.5 Å². The van der Waals surface area contributed by atoms with E-state index in [4.69, 9.17) is 0 Å². The Labute approximate surface area is 153 Å². The van der Waals surface area contributed by atoms with Gasteiger partial charge in [-0.05, 0) is 68.6 Å². The van der Waals surface area contributed by atoms with E-state index in [2.05, 4.69) is 22.2 Å². The number of pyridine rings is 1. The third kappa shape index (κ3) is 4.58. The Morgan fingerprint density at radius 3 is 2.73 bits per heavy atom. The van der Waals surface area contributed by atoms with E-state index in [-0.39, 0.29) is 5.69 Å². The monoisotopic (exact) mass is 356 g/mol. The van der Waals surface area contributed by atoms with E-state index in [1.165, 1.54) is 18.9 Å². The van der Waals surface area contributed by atoms with Crippen LogP contribution in [0.5, 0.6) is 0 Å². The minimum Gasteiger partial charge on any atom is -0.299 e. The molecule has 0 saturated carbocycles. The predicted molar refractivity (Wildman–Crippen MR) is 101 cm³/mol. The van der Waals surface area contributed by atoms with Crippen LogP contribution < -0.4 is 10.4 Å². The second-order valence-electron chi connectivity index (χ2n) is 7.02. The first kappa shape index (κ1) is 18.3. The van der Waals surface area contributed by atoms with Gasteiger partial charge >= 0.3 is 0 Å². The van der Waals surface area contributed by atoms with Gasteiger partial charge in [-0.25, -0.2) is 9.40 Å². The fraction of sp³-hybridized carbons (Fsp3) is 0.400. The smallest absolute Gasteiger partial charge is 0.232 e. The van der Waals surface area contributed by atoms with Crippen molar-refractivity contribution in [3.63, 3.8) is 0 Å². The Morgan fingerprint density at radius 2 is 2.08 bits per heavy atom. The average molecular weight is 356 g/mol.